The summed E-state index contributed by atoms with van der Waals surface area (Å²) in [4.78, 5) is 27.1. The minimum Gasteiger partial charge on any atom is -0.448 e. The van der Waals surface area contributed by atoms with E-state index < -0.39 is 12.1 Å². The molecule has 0 saturated heterocycles. The van der Waals surface area contributed by atoms with Crippen molar-refractivity contribution >= 4 is 16.7 Å². The van der Waals surface area contributed by atoms with Crippen LogP contribution in [-0.2, 0) is 4.74 Å². The zero-order valence-corrected chi connectivity index (χ0v) is 14.4. The first-order valence-electron chi connectivity index (χ1n) is 8.33. The van der Waals surface area contributed by atoms with Gasteiger partial charge in [-0.05, 0) is 36.6 Å². The van der Waals surface area contributed by atoms with Gasteiger partial charge in [0.1, 0.15) is 5.69 Å². The molecule has 0 aliphatic heterocycles. The third-order valence-electron chi connectivity index (χ3n) is 4.07. The molecular formula is C20H15N3O4. The van der Waals surface area contributed by atoms with Gasteiger partial charge in [-0.25, -0.2) is 4.79 Å². The number of nitrogens with zero attached hydrogens (tertiary/aromatic N) is 2. The molecule has 7 heteroatoms. The maximum Gasteiger partial charge on any atom is 0.355 e. The van der Waals surface area contributed by atoms with E-state index in [9.17, 15) is 9.59 Å². The predicted octanol–water partition coefficient (Wildman–Crippen LogP) is 3.50. The Morgan fingerprint density at radius 1 is 1.07 bits per heavy atom. The number of benzene rings is 2. The van der Waals surface area contributed by atoms with Crippen LogP contribution < -0.4 is 5.56 Å². The van der Waals surface area contributed by atoms with Crippen molar-refractivity contribution in [2.24, 2.45) is 0 Å². The Bertz CT molecular complexity index is 1160. The van der Waals surface area contributed by atoms with Crippen LogP contribution in [0.5, 0.6) is 0 Å². The average molecular weight is 361 g/mol. The number of carbonyl (C=O) groups is 1. The van der Waals surface area contributed by atoms with Crippen LogP contribution in [0.15, 0.2) is 69.9 Å². The van der Waals surface area contributed by atoms with E-state index in [-0.39, 0.29) is 17.1 Å². The lowest BCUT2D eigenvalue weighted by Crippen LogP contribution is -2.16. The number of ether oxygens (including phenoxy) is 1. The molecule has 4 rings (SSSR count). The fourth-order valence-electron chi connectivity index (χ4n) is 2.69. The number of H-pyrrole nitrogens is 1. The molecule has 2 heterocycles. The second-order valence-electron chi connectivity index (χ2n) is 5.96. The third-order valence-corrected chi connectivity index (χ3v) is 4.07. The Morgan fingerprint density at radius 2 is 1.81 bits per heavy atom. The molecule has 27 heavy (non-hydrogen) atoms. The standard InChI is InChI=1S/C20H15N3O4/c1-12(18-22-23-19(27-18)13-7-3-2-4-8-13)26-20(25)16-11-14-9-5-6-10-15(14)17(24)21-16/h2-12H,1H3,(H,21,24)/t12-/m0/s1. The van der Waals surface area contributed by atoms with Gasteiger partial charge in [-0.3, -0.25) is 4.79 Å². The van der Waals surface area contributed by atoms with Crippen LogP contribution in [0, 0.1) is 0 Å². The summed E-state index contributed by atoms with van der Waals surface area (Å²) in [7, 11) is 0. The Hall–Kier alpha value is -3.74. The van der Waals surface area contributed by atoms with Crippen molar-refractivity contribution in [2.75, 3.05) is 0 Å². The van der Waals surface area contributed by atoms with E-state index in [0.29, 0.717) is 16.7 Å². The number of esters is 1. The second-order valence-corrected chi connectivity index (χ2v) is 5.96. The van der Waals surface area contributed by atoms with Crippen molar-refractivity contribution in [2.45, 2.75) is 13.0 Å². The largest absolute Gasteiger partial charge is 0.448 e. The molecule has 2 aromatic heterocycles. The van der Waals surface area contributed by atoms with Gasteiger partial charge in [0.15, 0.2) is 6.10 Å². The second kappa shape index (κ2) is 6.87. The van der Waals surface area contributed by atoms with Crippen molar-refractivity contribution in [1.29, 1.82) is 0 Å². The summed E-state index contributed by atoms with van der Waals surface area (Å²) in [5, 5.41) is 9.08. The first kappa shape index (κ1) is 16.7. The van der Waals surface area contributed by atoms with Crippen molar-refractivity contribution < 1.29 is 13.9 Å². The molecule has 134 valence electrons. The number of aromatic amines is 1. The maximum absolute atomic E-state index is 12.4. The van der Waals surface area contributed by atoms with Crippen LogP contribution in [0.2, 0.25) is 0 Å². The summed E-state index contributed by atoms with van der Waals surface area (Å²) in [6.07, 6.45) is -0.766. The molecule has 0 radical (unpaired) electrons. The Kier molecular flexibility index (Phi) is 4.25. The van der Waals surface area contributed by atoms with Gasteiger partial charge in [0.05, 0.1) is 0 Å². The molecule has 1 N–H and O–H groups in total. The Labute approximate surface area is 153 Å². The van der Waals surface area contributed by atoms with Crippen molar-refractivity contribution in [3.05, 3.63) is 82.6 Å². The van der Waals surface area contributed by atoms with E-state index in [1.54, 1.807) is 37.3 Å². The first-order valence-corrected chi connectivity index (χ1v) is 8.33. The van der Waals surface area contributed by atoms with Crippen molar-refractivity contribution in [3.8, 4) is 11.5 Å². The van der Waals surface area contributed by atoms with E-state index in [2.05, 4.69) is 15.2 Å². The maximum atomic E-state index is 12.4. The summed E-state index contributed by atoms with van der Waals surface area (Å²) >= 11 is 0. The highest BCUT2D eigenvalue weighted by Crippen LogP contribution is 2.23. The van der Waals surface area contributed by atoms with E-state index in [1.165, 1.54) is 0 Å². The molecule has 4 aromatic rings. The smallest absolute Gasteiger partial charge is 0.355 e. The number of aromatic nitrogens is 3. The monoisotopic (exact) mass is 361 g/mol. The van der Waals surface area contributed by atoms with Crippen LogP contribution in [-0.4, -0.2) is 21.2 Å². The molecule has 0 bridgehead atoms. The topological polar surface area (TPSA) is 98.1 Å². The molecule has 0 fully saturated rings. The van der Waals surface area contributed by atoms with Crippen LogP contribution in [0.3, 0.4) is 0 Å². The zero-order valence-electron chi connectivity index (χ0n) is 14.4. The van der Waals surface area contributed by atoms with Crippen LogP contribution >= 0.6 is 0 Å². The van der Waals surface area contributed by atoms with E-state index in [0.717, 1.165) is 5.56 Å². The van der Waals surface area contributed by atoms with E-state index in [4.69, 9.17) is 9.15 Å². The van der Waals surface area contributed by atoms with Gasteiger partial charge < -0.3 is 14.1 Å². The minimum absolute atomic E-state index is 0.0633. The summed E-state index contributed by atoms with van der Waals surface area (Å²) in [5.74, 6) is -0.164. The number of rotatable bonds is 4. The molecule has 0 spiro atoms. The minimum atomic E-state index is -0.766. The Balaban J connectivity index is 1.55. The molecule has 0 saturated carbocycles. The molecule has 0 amide bonds. The number of hydrogen-bond acceptors (Lipinski definition) is 6. The summed E-state index contributed by atoms with van der Waals surface area (Å²) < 4.78 is 11.0. The highest BCUT2D eigenvalue weighted by atomic mass is 16.6. The van der Waals surface area contributed by atoms with E-state index in [1.807, 2.05) is 30.3 Å². The fraction of sp³-hybridized carbons (Fsp3) is 0.100. The van der Waals surface area contributed by atoms with Crippen LogP contribution in [0.25, 0.3) is 22.2 Å². The van der Waals surface area contributed by atoms with Crippen molar-refractivity contribution in [1.82, 2.24) is 15.2 Å². The molecule has 2 aromatic carbocycles. The number of nitrogens with one attached hydrogen (secondary N) is 1. The van der Waals surface area contributed by atoms with Crippen LogP contribution in [0.1, 0.15) is 29.4 Å². The van der Waals surface area contributed by atoms with Crippen molar-refractivity contribution in [3.63, 3.8) is 0 Å². The number of fused-ring (bicyclic) bond motifs is 1. The van der Waals surface area contributed by atoms with E-state index >= 15 is 0 Å². The van der Waals surface area contributed by atoms with Gasteiger partial charge >= 0.3 is 5.97 Å². The van der Waals surface area contributed by atoms with Gasteiger partial charge in [0.2, 0.25) is 5.89 Å². The normalized spacial score (nSPS) is 12.0. The first-order chi connectivity index (χ1) is 13.1. The zero-order chi connectivity index (χ0) is 18.8. The molecule has 0 unspecified atom stereocenters. The van der Waals surface area contributed by atoms with Gasteiger partial charge in [-0.2, -0.15) is 0 Å². The summed E-state index contributed by atoms with van der Waals surface area (Å²) in [6.45, 7) is 1.62. The van der Waals surface area contributed by atoms with Crippen LogP contribution in [0.4, 0.5) is 0 Å². The van der Waals surface area contributed by atoms with Gasteiger partial charge in [0.25, 0.3) is 11.4 Å². The molecule has 7 nitrogen and oxygen atoms in total. The highest BCUT2D eigenvalue weighted by molar-refractivity contribution is 5.93. The highest BCUT2D eigenvalue weighted by Gasteiger charge is 2.21. The lowest BCUT2D eigenvalue weighted by atomic mass is 10.1. The van der Waals surface area contributed by atoms with Gasteiger partial charge in [-0.1, -0.05) is 36.4 Å². The molecular weight excluding hydrogens is 346 g/mol. The number of hydrogen-bond donors (Lipinski definition) is 1. The summed E-state index contributed by atoms with van der Waals surface area (Å²) in [6, 6.07) is 17.9. The number of pyridine rings is 1. The molecule has 1 atom stereocenters. The number of carbonyl (C=O) groups excluding carboxylic acids is 1. The van der Waals surface area contributed by atoms with Gasteiger partial charge in [0, 0.05) is 10.9 Å². The third kappa shape index (κ3) is 3.35. The SMILES string of the molecule is C[C@H](OC(=O)c1cc2ccccc2c(=O)[nH]1)c1nnc(-c2ccccc2)o1. The van der Waals surface area contributed by atoms with Gasteiger partial charge in [-0.15, -0.1) is 10.2 Å². The quantitative estimate of drug-likeness (QED) is 0.559. The lowest BCUT2D eigenvalue weighted by Gasteiger charge is -2.09. The lowest BCUT2D eigenvalue weighted by molar-refractivity contribution is 0.0273. The molecule has 0 aliphatic carbocycles. The predicted molar refractivity (Wildman–Crippen MR) is 98.1 cm³/mol. The average Bonchev–Trinajstić information content (AvgIpc) is 3.19. The Morgan fingerprint density at radius 3 is 2.63 bits per heavy atom. The molecule has 0 aliphatic rings. The fourth-order valence-corrected chi connectivity index (χ4v) is 2.69. The summed E-state index contributed by atoms with van der Waals surface area (Å²) in [5.41, 5.74) is 0.485.